The van der Waals surface area contributed by atoms with Crippen LogP contribution in [0.4, 0.5) is 0 Å². The molecule has 0 radical (unpaired) electrons. The lowest BCUT2D eigenvalue weighted by Crippen LogP contribution is -2.20. The maximum atomic E-state index is 4.33. The smallest absolute Gasteiger partial charge is 0.0924 e. The van der Waals surface area contributed by atoms with Crippen molar-refractivity contribution in [3.63, 3.8) is 0 Å². The van der Waals surface area contributed by atoms with Crippen molar-refractivity contribution in [1.82, 2.24) is 10.3 Å². The molecule has 0 aliphatic rings. The maximum Gasteiger partial charge on any atom is 0.0924 e. The number of hydrogen-bond donors (Lipinski definition) is 1. The standard InChI is InChI=1S/C15H20N2S/c1-2-16-14(13-7-4-3-5-8-13)9-6-10-15-17-11-12-18-15/h3-5,7-8,11-12,14,16H,2,6,9-10H2,1H3. The number of nitrogens with one attached hydrogen (secondary N) is 1. The second-order valence-electron chi connectivity index (χ2n) is 4.34. The summed E-state index contributed by atoms with van der Waals surface area (Å²) >= 11 is 1.75. The molecule has 18 heavy (non-hydrogen) atoms. The van der Waals surface area contributed by atoms with Crippen LogP contribution in [0.5, 0.6) is 0 Å². The summed E-state index contributed by atoms with van der Waals surface area (Å²) in [5, 5.41) is 6.86. The van der Waals surface area contributed by atoms with E-state index in [1.54, 1.807) is 11.3 Å². The van der Waals surface area contributed by atoms with E-state index in [0.717, 1.165) is 19.4 Å². The van der Waals surface area contributed by atoms with Crippen molar-refractivity contribution in [2.24, 2.45) is 0 Å². The Labute approximate surface area is 113 Å². The number of rotatable bonds is 7. The summed E-state index contributed by atoms with van der Waals surface area (Å²) < 4.78 is 0. The molecule has 1 N–H and O–H groups in total. The Balaban J connectivity index is 1.87. The first-order valence-electron chi connectivity index (χ1n) is 6.57. The molecule has 2 rings (SSSR count). The molecule has 2 nitrogen and oxygen atoms in total. The van der Waals surface area contributed by atoms with E-state index in [1.165, 1.54) is 17.0 Å². The second-order valence-corrected chi connectivity index (χ2v) is 5.32. The van der Waals surface area contributed by atoms with Crippen LogP contribution in [0.1, 0.15) is 36.4 Å². The van der Waals surface area contributed by atoms with Gasteiger partial charge in [-0.15, -0.1) is 11.3 Å². The van der Waals surface area contributed by atoms with Gasteiger partial charge in [0.1, 0.15) is 0 Å². The lowest BCUT2D eigenvalue weighted by Gasteiger charge is -2.18. The highest BCUT2D eigenvalue weighted by Gasteiger charge is 2.09. The number of benzene rings is 1. The molecule has 0 bridgehead atoms. The van der Waals surface area contributed by atoms with Gasteiger partial charge in [0, 0.05) is 17.6 Å². The first-order chi connectivity index (χ1) is 8.90. The first kappa shape index (κ1) is 13.2. The molecule has 0 aliphatic heterocycles. The molecular weight excluding hydrogens is 240 g/mol. The van der Waals surface area contributed by atoms with Gasteiger partial charge in [0.2, 0.25) is 0 Å². The van der Waals surface area contributed by atoms with Crippen molar-refractivity contribution in [3.8, 4) is 0 Å². The molecule has 1 aromatic heterocycles. The molecule has 0 saturated carbocycles. The summed E-state index contributed by atoms with van der Waals surface area (Å²) in [5.41, 5.74) is 1.39. The van der Waals surface area contributed by atoms with Gasteiger partial charge in [-0.25, -0.2) is 4.98 Å². The third-order valence-electron chi connectivity index (χ3n) is 3.02. The SMILES string of the molecule is CCNC(CCCc1nccs1)c1ccccc1. The lowest BCUT2D eigenvalue weighted by atomic mass is 10.0. The number of nitrogens with zero attached hydrogens (tertiary/aromatic N) is 1. The molecule has 1 unspecified atom stereocenters. The fourth-order valence-electron chi connectivity index (χ4n) is 2.15. The van der Waals surface area contributed by atoms with Gasteiger partial charge < -0.3 is 5.32 Å². The molecule has 0 amide bonds. The highest BCUT2D eigenvalue weighted by molar-refractivity contribution is 7.09. The van der Waals surface area contributed by atoms with Crippen molar-refractivity contribution in [2.45, 2.75) is 32.2 Å². The lowest BCUT2D eigenvalue weighted by molar-refractivity contribution is 0.498. The van der Waals surface area contributed by atoms with Gasteiger partial charge in [-0.3, -0.25) is 0 Å². The van der Waals surface area contributed by atoms with Crippen molar-refractivity contribution in [1.29, 1.82) is 0 Å². The number of aryl methyl sites for hydroxylation is 1. The van der Waals surface area contributed by atoms with E-state index < -0.39 is 0 Å². The molecule has 1 atom stereocenters. The van der Waals surface area contributed by atoms with Gasteiger partial charge in [-0.1, -0.05) is 37.3 Å². The third kappa shape index (κ3) is 3.93. The van der Waals surface area contributed by atoms with Crippen molar-refractivity contribution in [2.75, 3.05) is 6.54 Å². The van der Waals surface area contributed by atoms with Crippen LogP contribution in [-0.2, 0) is 6.42 Å². The molecule has 2 aromatic rings. The first-order valence-corrected chi connectivity index (χ1v) is 7.45. The number of hydrogen-bond acceptors (Lipinski definition) is 3. The molecule has 0 aliphatic carbocycles. The zero-order chi connectivity index (χ0) is 12.6. The summed E-state index contributed by atoms with van der Waals surface area (Å²) in [6.07, 6.45) is 5.32. The summed E-state index contributed by atoms with van der Waals surface area (Å²) in [5.74, 6) is 0. The van der Waals surface area contributed by atoms with E-state index in [9.17, 15) is 0 Å². The molecule has 3 heteroatoms. The maximum absolute atomic E-state index is 4.33. The minimum Gasteiger partial charge on any atom is -0.310 e. The summed E-state index contributed by atoms with van der Waals surface area (Å²) in [7, 11) is 0. The summed E-state index contributed by atoms with van der Waals surface area (Å²) in [4.78, 5) is 4.33. The minimum atomic E-state index is 0.469. The van der Waals surface area contributed by atoms with E-state index in [2.05, 4.69) is 47.6 Å². The predicted octanol–water partition coefficient (Wildman–Crippen LogP) is 3.82. The highest BCUT2D eigenvalue weighted by atomic mass is 32.1. The van der Waals surface area contributed by atoms with Gasteiger partial charge in [-0.2, -0.15) is 0 Å². The largest absolute Gasteiger partial charge is 0.310 e. The summed E-state index contributed by atoms with van der Waals surface area (Å²) in [6, 6.07) is 11.2. The Morgan fingerprint density at radius 3 is 2.78 bits per heavy atom. The molecule has 1 heterocycles. The van der Waals surface area contributed by atoms with E-state index >= 15 is 0 Å². The number of thiazole rings is 1. The Morgan fingerprint density at radius 1 is 1.28 bits per heavy atom. The van der Waals surface area contributed by atoms with Crippen molar-refractivity contribution in [3.05, 3.63) is 52.5 Å². The van der Waals surface area contributed by atoms with E-state index in [-0.39, 0.29) is 0 Å². The van der Waals surface area contributed by atoms with Gasteiger partial charge in [0.15, 0.2) is 0 Å². The van der Waals surface area contributed by atoms with Gasteiger partial charge in [0.25, 0.3) is 0 Å². The third-order valence-corrected chi connectivity index (χ3v) is 3.86. The van der Waals surface area contributed by atoms with Crippen molar-refractivity contribution < 1.29 is 0 Å². The van der Waals surface area contributed by atoms with Crippen molar-refractivity contribution >= 4 is 11.3 Å². The zero-order valence-electron chi connectivity index (χ0n) is 10.8. The normalized spacial score (nSPS) is 12.5. The Morgan fingerprint density at radius 2 is 2.11 bits per heavy atom. The zero-order valence-corrected chi connectivity index (χ0v) is 11.6. The molecule has 96 valence electrons. The topological polar surface area (TPSA) is 24.9 Å². The molecule has 0 saturated heterocycles. The van der Waals surface area contributed by atoms with Gasteiger partial charge >= 0.3 is 0 Å². The Kier molecular flexibility index (Phi) is 5.36. The van der Waals surface area contributed by atoms with E-state index in [0.29, 0.717) is 6.04 Å². The predicted molar refractivity (Wildman–Crippen MR) is 77.9 cm³/mol. The fourth-order valence-corrected chi connectivity index (χ4v) is 2.81. The second kappa shape index (κ2) is 7.29. The minimum absolute atomic E-state index is 0.469. The average molecular weight is 260 g/mol. The van der Waals surface area contributed by atoms with Crippen LogP contribution in [-0.4, -0.2) is 11.5 Å². The van der Waals surface area contributed by atoms with E-state index in [1.807, 2.05) is 11.6 Å². The van der Waals surface area contributed by atoms with E-state index in [4.69, 9.17) is 0 Å². The monoisotopic (exact) mass is 260 g/mol. The highest BCUT2D eigenvalue weighted by Crippen LogP contribution is 2.19. The van der Waals surface area contributed by atoms with Gasteiger partial charge in [0.05, 0.1) is 5.01 Å². The quantitative estimate of drug-likeness (QED) is 0.818. The van der Waals surface area contributed by atoms with Crippen LogP contribution in [0, 0.1) is 0 Å². The Hall–Kier alpha value is -1.19. The molecule has 0 fully saturated rings. The van der Waals surface area contributed by atoms with Crippen LogP contribution in [0.2, 0.25) is 0 Å². The fraction of sp³-hybridized carbons (Fsp3) is 0.400. The van der Waals surface area contributed by atoms with Crippen LogP contribution in [0.15, 0.2) is 41.9 Å². The van der Waals surface area contributed by atoms with Gasteiger partial charge in [-0.05, 0) is 31.4 Å². The number of aromatic nitrogens is 1. The van der Waals surface area contributed by atoms with Crippen LogP contribution in [0.25, 0.3) is 0 Å². The average Bonchev–Trinajstić information content (AvgIpc) is 2.92. The molecular formula is C15H20N2S. The molecule has 0 spiro atoms. The molecule has 1 aromatic carbocycles. The van der Waals surface area contributed by atoms with Crippen LogP contribution >= 0.6 is 11.3 Å². The van der Waals surface area contributed by atoms with Crippen LogP contribution < -0.4 is 5.32 Å². The Bertz CT molecular complexity index is 425. The van der Waals surface area contributed by atoms with Crippen LogP contribution in [0.3, 0.4) is 0 Å². The summed E-state index contributed by atoms with van der Waals surface area (Å²) in [6.45, 7) is 3.17.